The van der Waals surface area contributed by atoms with Crippen LogP contribution in [0, 0.1) is 0 Å². The lowest BCUT2D eigenvalue weighted by Crippen LogP contribution is -2.26. The van der Waals surface area contributed by atoms with Gasteiger partial charge in [-0.05, 0) is 31.0 Å². The Labute approximate surface area is 127 Å². The molecule has 0 unspecified atom stereocenters. The molecule has 0 heterocycles. The molecule has 1 aromatic rings. The van der Waals surface area contributed by atoms with Crippen LogP contribution in [0.1, 0.15) is 18.9 Å². The van der Waals surface area contributed by atoms with Gasteiger partial charge in [0.1, 0.15) is 0 Å². The number of hydrogen-bond donors (Lipinski definition) is 1. The summed E-state index contributed by atoms with van der Waals surface area (Å²) in [5.74, 6) is 1.46. The summed E-state index contributed by atoms with van der Waals surface area (Å²) in [6, 6.07) is 8.17. The number of thioether (sulfide) groups is 1. The Hall–Kier alpha value is -0.520. The number of benzene rings is 1. The Morgan fingerprint density at radius 2 is 2.11 bits per heavy atom. The van der Waals surface area contributed by atoms with Crippen LogP contribution in [0.4, 0.5) is 0 Å². The molecule has 0 radical (unpaired) electrons. The first-order valence-electron chi connectivity index (χ1n) is 6.39. The van der Waals surface area contributed by atoms with Gasteiger partial charge in [0, 0.05) is 30.0 Å². The van der Waals surface area contributed by atoms with Crippen molar-refractivity contribution in [2.45, 2.75) is 19.1 Å². The smallest absolute Gasteiger partial charge is 0.230 e. The molecule has 3 nitrogen and oxygen atoms in total. The fourth-order valence-corrected chi connectivity index (χ4v) is 2.52. The van der Waals surface area contributed by atoms with Gasteiger partial charge in [-0.1, -0.05) is 28.1 Å². The van der Waals surface area contributed by atoms with Crippen molar-refractivity contribution >= 4 is 33.6 Å². The number of ether oxygens (including phenoxy) is 1. The van der Waals surface area contributed by atoms with Gasteiger partial charge in [0.2, 0.25) is 5.91 Å². The summed E-state index contributed by atoms with van der Waals surface area (Å²) in [5, 5.41) is 2.89. The van der Waals surface area contributed by atoms with Crippen LogP contribution in [0.25, 0.3) is 0 Å². The minimum absolute atomic E-state index is 0.0959. The van der Waals surface area contributed by atoms with E-state index in [0.717, 1.165) is 23.3 Å². The highest BCUT2D eigenvalue weighted by atomic mass is 79.9. The Morgan fingerprint density at radius 1 is 1.37 bits per heavy atom. The first kappa shape index (κ1) is 16.5. The van der Waals surface area contributed by atoms with Gasteiger partial charge in [-0.3, -0.25) is 4.79 Å². The van der Waals surface area contributed by atoms with Crippen molar-refractivity contribution in [1.82, 2.24) is 5.32 Å². The van der Waals surface area contributed by atoms with E-state index >= 15 is 0 Å². The molecule has 1 aromatic carbocycles. The average Bonchev–Trinajstić information content (AvgIpc) is 2.41. The van der Waals surface area contributed by atoms with E-state index in [0.29, 0.717) is 18.9 Å². The molecule has 0 atom stereocenters. The molecule has 106 valence electrons. The van der Waals surface area contributed by atoms with Crippen LogP contribution < -0.4 is 5.32 Å². The lowest BCUT2D eigenvalue weighted by Gasteiger charge is -2.05. The third-order valence-corrected chi connectivity index (χ3v) is 3.94. The molecule has 0 aromatic heterocycles. The Kier molecular flexibility index (Phi) is 8.95. The number of hydrogen-bond acceptors (Lipinski definition) is 3. The molecule has 0 saturated heterocycles. The van der Waals surface area contributed by atoms with Crippen LogP contribution in [0.3, 0.4) is 0 Å². The van der Waals surface area contributed by atoms with E-state index in [1.807, 2.05) is 19.1 Å². The highest BCUT2D eigenvalue weighted by Crippen LogP contribution is 2.15. The molecule has 0 fully saturated rings. The van der Waals surface area contributed by atoms with E-state index < -0.39 is 0 Å². The van der Waals surface area contributed by atoms with Crippen molar-refractivity contribution in [2.24, 2.45) is 0 Å². The maximum Gasteiger partial charge on any atom is 0.230 e. The summed E-state index contributed by atoms with van der Waals surface area (Å²) in [5.41, 5.74) is 1.23. The number of amides is 1. The summed E-state index contributed by atoms with van der Waals surface area (Å²) in [6.07, 6.45) is 0.872. The van der Waals surface area contributed by atoms with E-state index in [1.165, 1.54) is 5.56 Å². The minimum Gasteiger partial charge on any atom is -0.382 e. The van der Waals surface area contributed by atoms with E-state index in [9.17, 15) is 4.79 Å². The van der Waals surface area contributed by atoms with Crippen LogP contribution in [0.2, 0.25) is 0 Å². The molecule has 1 N–H and O–H groups in total. The highest BCUT2D eigenvalue weighted by molar-refractivity contribution is 9.10. The van der Waals surface area contributed by atoms with Gasteiger partial charge < -0.3 is 10.1 Å². The van der Waals surface area contributed by atoms with E-state index in [2.05, 4.69) is 33.4 Å². The third kappa shape index (κ3) is 8.29. The lowest BCUT2D eigenvalue weighted by molar-refractivity contribution is -0.118. The molecular formula is C14H20BrNO2S. The van der Waals surface area contributed by atoms with Gasteiger partial charge in [-0.15, -0.1) is 11.8 Å². The standard InChI is InChI=1S/C14H20BrNO2S/c1-2-18-9-3-8-16-14(17)11-19-10-12-4-6-13(15)7-5-12/h4-7H,2-3,8-11H2,1H3,(H,16,17). The quantitative estimate of drug-likeness (QED) is 0.698. The maximum absolute atomic E-state index is 11.5. The fourth-order valence-electron chi connectivity index (χ4n) is 1.44. The van der Waals surface area contributed by atoms with E-state index in [1.54, 1.807) is 11.8 Å². The molecule has 0 bridgehead atoms. The predicted molar refractivity (Wildman–Crippen MR) is 84.4 cm³/mol. The van der Waals surface area contributed by atoms with Crippen LogP contribution in [-0.4, -0.2) is 31.4 Å². The van der Waals surface area contributed by atoms with Crippen molar-refractivity contribution in [3.63, 3.8) is 0 Å². The van der Waals surface area contributed by atoms with Crippen molar-refractivity contribution in [3.8, 4) is 0 Å². The normalized spacial score (nSPS) is 10.4. The summed E-state index contributed by atoms with van der Waals surface area (Å²) in [7, 11) is 0. The molecule has 0 aliphatic carbocycles. The second-order valence-electron chi connectivity index (χ2n) is 4.02. The molecule has 0 aliphatic heterocycles. The average molecular weight is 346 g/mol. The van der Waals surface area contributed by atoms with Gasteiger partial charge >= 0.3 is 0 Å². The van der Waals surface area contributed by atoms with Gasteiger partial charge in [-0.25, -0.2) is 0 Å². The van der Waals surface area contributed by atoms with E-state index in [4.69, 9.17) is 4.74 Å². The number of carbonyl (C=O) groups is 1. The van der Waals surface area contributed by atoms with Gasteiger partial charge in [0.05, 0.1) is 5.75 Å². The summed E-state index contributed by atoms with van der Waals surface area (Å²) >= 11 is 5.03. The first-order valence-corrected chi connectivity index (χ1v) is 8.33. The molecule has 1 amide bonds. The minimum atomic E-state index is 0.0959. The summed E-state index contributed by atoms with van der Waals surface area (Å²) < 4.78 is 6.28. The highest BCUT2D eigenvalue weighted by Gasteiger charge is 2.01. The van der Waals surface area contributed by atoms with E-state index in [-0.39, 0.29) is 5.91 Å². The van der Waals surface area contributed by atoms with Crippen LogP contribution in [-0.2, 0) is 15.3 Å². The number of rotatable bonds is 9. The fraction of sp³-hybridized carbons (Fsp3) is 0.500. The SMILES string of the molecule is CCOCCCNC(=O)CSCc1ccc(Br)cc1. The zero-order chi connectivity index (χ0) is 13.9. The Bertz CT molecular complexity index is 370. The number of halogens is 1. The lowest BCUT2D eigenvalue weighted by atomic mass is 10.2. The Morgan fingerprint density at radius 3 is 2.79 bits per heavy atom. The molecule has 1 rings (SSSR count). The van der Waals surface area contributed by atoms with Gasteiger partial charge in [0.15, 0.2) is 0 Å². The zero-order valence-corrected chi connectivity index (χ0v) is 13.6. The first-order chi connectivity index (χ1) is 9.22. The van der Waals surface area contributed by atoms with Gasteiger partial charge in [0.25, 0.3) is 0 Å². The van der Waals surface area contributed by atoms with Crippen molar-refractivity contribution in [2.75, 3.05) is 25.5 Å². The van der Waals surface area contributed by atoms with Crippen LogP contribution >= 0.6 is 27.7 Å². The van der Waals surface area contributed by atoms with Crippen LogP contribution in [0.15, 0.2) is 28.7 Å². The molecule has 0 aliphatic rings. The predicted octanol–water partition coefficient (Wildman–Crippen LogP) is 3.23. The van der Waals surface area contributed by atoms with Crippen LogP contribution in [0.5, 0.6) is 0 Å². The third-order valence-electron chi connectivity index (χ3n) is 2.41. The zero-order valence-electron chi connectivity index (χ0n) is 11.2. The largest absolute Gasteiger partial charge is 0.382 e. The van der Waals surface area contributed by atoms with Crippen molar-refractivity contribution < 1.29 is 9.53 Å². The molecule has 5 heteroatoms. The van der Waals surface area contributed by atoms with Crippen molar-refractivity contribution in [1.29, 1.82) is 0 Å². The topological polar surface area (TPSA) is 38.3 Å². The summed E-state index contributed by atoms with van der Waals surface area (Å²) in [4.78, 5) is 11.5. The molecular weight excluding hydrogens is 326 g/mol. The second-order valence-corrected chi connectivity index (χ2v) is 5.92. The number of carbonyl (C=O) groups excluding carboxylic acids is 1. The second kappa shape index (κ2) is 10.3. The monoisotopic (exact) mass is 345 g/mol. The molecule has 0 saturated carbocycles. The maximum atomic E-state index is 11.5. The molecule has 19 heavy (non-hydrogen) atoms. The van der Waals surface area contributed by atoms with Crippen molar-refractivity contribution in [3.05, 3.63) is 34.3 Å². The molecule has 0 spiro atoms. The van der Waals surface area contributed by atoms with Gasteiger partial charge in [-0.2, -0.15) is 0 Å². The number of nitrogens with one attached hydrogen (secondary N) is 1. The summed E-state index contributed by atoms with van der Waals surface area (Å²) in [6.45, 7) is 4.11. The Balaban J connectivity index is 2.05.